The summed E-state index contributed by atoms with van der Waals surface area (Å²) in [5.74, 6) is -0.256. The Balaban J connectivity index is 1.97. The van der Waals surface area contributed by atoms with Crippen molar-refractivity contribution in [2.45, 2.75) is 18.0 Å². The number of para-hydroxylation sites is 1. The van der Waals surface area contributed by atoms with E-state index in [1.807, 2.05) is 30.5 Å². The standard InChI is InChI=1S/C17H15N3O4S/c1-11(21)19-17(12-7-9-13(25-2)10-8-12)24-16(18-19)14-5-3-4-6-15(14)20(22)23/h3-10,17H,1-2H3. The largest absolute Gasteiger partial charge is 0.445 e. The summed E-state index contributed by atoms with van der Waals surface area (Å²) in [6.45, 7) is 1.37. The van der Waals surface area contributed by atoms with Gasteiger partial charge in [0, 0.05) is 23.4 Å². The van der Waals surface area contributed by atoms with Crippen molar-refractivity contribution in [2.24, 2.45) is 5.10 Å². The predicted molar refractivity (Wildman–Crippen MR) is 94.2 cm³/mol. The number of nitro benzene ring substituents is 1. The number of nitro groups is 1. The second-order valence-electron chi connectivity index (χ2n) is 5.29. The molecular formula is C17H15N3O4S. The molecule has 0 aliphatic carbocycles. The quantitative estimate of drug-likeness (QED) is 0.474. The molecule has 3 rings (SSSR count). The van der Waals surface area contributed by atoms with E-state index in [1.165, 1.54) is 18.0 Å². The Morgan fingerprint density at radius 3 is 2.52 bits per heavy atom. The van der Waals surface area contributed by atoms with Gasteiger partial charge in [0.05, 0.1) is 4.92 Å². The van der Waals surface area contributed by atoms with E-state index in [-0.39, 0.29) is 23.1 Å². The third kappa shape index (κ3) is 3.34. The Morgan fingerprint density at radius 2 is 1.92 bits per heavy atom. The molecule has 0 saturated heterocycles. The predicted octanol–water partition coefficient (Wildman–Crippen LogP) is 3.56. The van der Waals surface area contributed by atoms with Crippen molar-refractivity contribution in [3.63, 3.8) is 0 Å². The summed E-state index contributed by atoms with van der Waals surface area (Å²) in [4.78, 5) is 23.8. The number of amides is 1. The molecule has 1 unspecified atom stereocenters. The van der Waals surface area contributed by atoms with E-state index >= 15 is 0 Å². The monoisotopic (exact) mass is 357 g/mol. The first-order valence-corrected chi connectivity index (χ1v) is 8.66. The van der Waals surface area contributed by atoms with E-state index in [1.54, 1.807) is 30.0 Å². The van der Waals surface area contributed by atoms with Crippen molar-refractivity contribution in [1.29, 1.82) is 0 Å². The number of rotatable bonds is 4. The maximum Gasteiger partial charge on any atom is 0.282 e. The molecule has 1 heterocycles. The second kappa shape index (κ2) is 6.94. The molecule has 0 aromatic heterocycles. The molecule has 2 aromatic rings. The molecule has 0 saturated carbocycles. The van der Waals surface area contributed by atoms with Crippen molar-refractivity contribution >= 4 is 29.3 Å². The normalized spacial score (nSPS) is 16.3. The minimum Gasteiger partial charge on any atom is -0.445 e. The van der Waals surface area contributed by atoms with Crippen molar-refractivity contribution < 1.29 is 14.5 Å². The van der Waals surface area contributed by atoms with E-state index in [0.29, 0.717) is 0 Å². The molecule has 128 valence electrons. The minimum absolute atomic E-state index is 0.0569. The van der Waals surface area contributed by atoms with Gasteiger partial charge in [0.2, 0.25) is 18.0 Å². The van der Waals surface area contributed by atoms with E-state index in [2.05, 4.69) is 5.10 Å². The van der Waals surface area contributed by atoms with E-state index in [4.69, 9.17) is 4.74 Å². The van der Waals surface area contributed by atoms with Crippen LogP contribution in [0.1, 0.15) is 24.3 Å². The Kier molecular flexibility index (Phi) is 4.71. The van der Waals surface area contributed by atoms with Crippen molar-refractivity contribution in [2.75, 3.05) is 6.26 Å². The number of hydrazone groups is 1. The number of hydrogen-bond donors (Lipinski definition) is 0. The van der Waals surface area contributed by atoms with Crippen molar-refractivity contribution in [1.82, 2.24) is 5.01 Å². The van der Waals surface area contributed by atoms with Gasteiger partial charge in [-0.3, -0.25) is 14.9 Å². The van der Waals surface area contributed by atoms with Crippen LogP contribution >= 0.6 is 11.8 Å². The molecule has 1 amide bonds. The average molecular weight is 357 g/mol. The molecular weight excluding hydrogens is 342 g/mol. The van der Waals surface area contributed by atoms with Gasteiger partial charge in [-0.15, -0.1) is 16.9 Å². The van der Waals surface area contributed by atoms with Crippen LogP contribution in [0.25, 0.3) is 0 Å². The lowest BCUT2D eigenvalue weighted by atomic mass is 10.1. The summed E-state index contributed by atoms with van der Waals surface area (Å²) in [7, 11) is 0. The molecule has 0 N–H and O–H groups in total. The molecule has 8 heteroatoms. The van der Waals surface area contributed by atoms with E-state index in [0.717, 1.165) is 10.5 Å². The SMILES string of the molecule is CSc1ccc(C2OC(c3ccccc3[N+](=O)[O-])=NN2C(C)=O)cc1. The van der Waals surface area contributed by atoms with Crippen LogP contribution in [0.5, 0.6) is 0 Å². The van der Waals surface area contributed by atoms with Gasteiger partial charge in [0.25, 0.3) is 5.69 Å². The highest BCUT2D eigenvalue weighted by atomic mass is 32.2. The number of ether oxygens (including phenoxy) is 1. The molecule has 1 aliphatic heterocycles. The highest BCUT2D eigenvalue weighted by Gasteiger charge is 2.35. The zero-order valence-electron chi connectivity index (χ0n) is 13.6. The van der Waals surface area contributed by atoms with Crippen LogP contribution in [0.4, 0.5) is 5.69 Å². The van der Waals surface area contributed by atoms with Gasteiger partial charge >= 0.3 is 0 Å². The Bertz CT molecular complexity index is 851. The summed E-state index contributed by atoms with van der Waals surface area (Å²) in [5.41, 5.74) is 0.857. The van der Waals surface area contributed by atoms with Crippen LogP contribution in [0.3, 0.4) is 0 Å². The zero-order chi connectivity index (χ0) is 18.0. The van der Waals surface area contributed by atoms with E-state index < -0.39 is 11.2 Å². The fraction of sp³-hybridized carbons (Fsp3) is 0.176. The lowest BCUT2D eigenvalue weighted by Gasteiger charge is -2.19. The Labute approximate surface area is 148 Å². The van der Waals surface area contributed by atoms with Gasteiger partial charge in [-0.05, 0) is 24.5 Å². The van der Waals surface area contributed by atoms with Crippen molar-refractivity contribution in [3.8, 4) is 0 Å². The zero-order valence-corrected chi connectivity index (χ0v) is 14.4. The van der Waals surface area contributed by atoms with Crippen molar-refractivity contribution in [3.05, 3.63) is 69.8 Å². The first kappa shape index (κ1) is 17.0. The lowest BCUT2D eigenvalue weighted by Crippen LogP contribution is -2.25. The summed E-state index contributed by atoms with van der Waals surface area (Å²) >= 11 is 1.60. The molecule has 1 aliphatic rings. The first-order valence-electron chi connectivity index (χ1n) is 7.44. The van der Waals surface area contributed by atoms with Gasteiger partial charge in [0.1, 0.15) is 5.56 Å². The van der Waals surface area contributed by atoms with Gasteiger partial charge in [-0.2, -0.15) is 5.01 Å². The molecule has 25 heavy (non-hydrogen) atoms. The molecule has 0 radical (unpaired) electrons. The van der Waals surface area contributed by atoms with Crippen LogP contribution in [0.2, 0.25) is 0 Å². The fourth-order valence-electron chi connectivity index (χ4n) is 2.47. The second-order valence-corrected chi connectivity index (χ2v) is 6.17. The van der Waals surface area contributed by atoms with Gasteiger partial charge in [-0.25, -0.2) is 0 Å². The smallest absolute Gasteiger partial charge is 0.282 e. The number of hydrogen-bond acceptors (Lipinski definition) is 6. The van der Waals surface area contributed by atoms with Gasteiger partial charge in [-0.1, -0.05) is 24.3 Å². The average Bonchev–Trinajstić information content (AvgIpc) is 3.07. The molecule has 1 atom stereocenters. The number of benzene rings is 2. The summed E-state index contributed by atoms with van der Waals surface area (Å²) in [5, 5.41) is 16.6. The maximum atomic E-state index is 11.9. The number of nitrogens with zero attached hydrogens (tertiary/aromatic N) is 3. The molecule has 0 bridgehead atoms. The Morgan fingerprint density at radius 1 is 1.24 bits per heavy atom. The van der Waals surface area contributed by atoms with Crippen LogP contribution in [-0.4, -0.2) is 28.0 Å². The molecule has 0 fully saturated rings. The summed E-state index contributed by atoms with van der Waals surface area (Å²) < 4.78 is 5.82. The highest BCUT2D eigenvalue weighted by Crippen LogP contribution is 2.33. The van der Waals surface area contributed by atoms with Crippen LogP contribution in [0, 0.1) is 10.1 Å². The highest BCUT2D eigenvalue weighted by molar-refractivity contribution is 7.98. The maximum absolute atomic E-state index is 11.9. The summed E-state index contributed by atoms with van der Waals surface area (Å²) in [6.07, 6.45) is 1.22. The van der Waals surface area contributed by atoms with Crippen LogP contribution < -0.4 is 0 Å². The van der Waals surface area contributed by atoms with E-state index in [9.17, 15) is 14.9 Å². The molecule has 0 spiro atoms. The Hall–Kier alpha value is -2.87. The number of thioether (sulfide) groups is 1. The topological polar surface area (TPSA) is 85.0 Å². The molecule has 7 nitrogen and oxygen atoms in total. The molecule has 2 aromatic carbocycles. The number of carbonyl (C=O) groups excluding carboxylic acids is 1. The first-order chi connectivity index (χ1) is 12.0. The minimum atomic E-state index is -0.747. The lowest BCUT2D eigenvalue weighted by molar-refractivity contribution is -0.385. The van der Waals surface area contributed by atoms with Crippen LogP contribution in [0.15, 0.2) is 58.5 Å². The van der Waals surface area contributed by atoms with Gasteiger partial charge < -0.3 is 4.74 Å². The third-order valence-corrected chi connectivity index (χ3v) is 4.44. The summed E-state index contributed by atoms with van der Waals surface area (Å²) in [6, 6.07) is 13.7. The van der Waals surface area contributed by atoms with Crippen LogP contribution in [-0.2, 0) is 9.53 Å². The number of carbonyl (C=O) groups is 1. The third-order valence-electron chi connectivity index (χ3n) is 3.70. The van der Waals surface area contributed by atoms with Gasteiger partial charge in [0.15, 0.2) is 0 Å². The fourth-order valence-corrected chi connectivity index (χ4v) is 2.88.